The molecule has 18 heavy (non-hydrogen) atoms. The summed E-state index contributed by atoms with van der Waals surface area (Å²) in [5.41, 5.74) is 0.526. The third-order valence-electron chi connectivity index (χ3n) is 2.06. The van der Waals surface area contributed by atoms with E-state index >= 15 is 0 Å². The second-order valence-electron chi connectivity index (χ2n) is 3.83. The van der Waals surface area contributed by atoms with E-state index in [1.54, 1.807) is 6.92 Å². The molecule has 1 aromatic rings. The maximum Gasteiger partial charge on any atom is 0.422 e. The van der Waals surface area contributed by atoms with E-state index in [2.05, 4.69) is 15.3 Å². The van der Waals surface area contributed by atoms with E-state index in [9.17, 15) is 13.2 Å². The van der Waals surface area contributed by atoms with Gasteiger partial charge < -0.3 is 10.1 Å². The molecule has 0 amide bonds. The number of aromatic nitrogens is 2. The number of nitrogens with one attached hydrogen (secondary N) is 1. The highest BCUT2D eigenvalue weighted by Crippen LogP contribution is 2.19. The highest BCUT2D eigenvalue weighted by atomic mass is 19.4. The molecular weight excluding hydrogens is 247 g/mol. The standard InChI is InChI=1S/C11H16F3N3O/c1-3-4-15-5-9-6-16-8(2)17-10(9)18-7-11(12,13)14/h6,15H,3-5,7H2,1-2H3. The van der Waals surface area contributed by atoms with Crippen LogP contribution in [0.4, 0.5) is 13.2 Å². The highest BCUT2D eigenvalue weighted by Gasteiger charge is 2.29. The Morgan fingerprint density at radius 3 is 2.72 bits per heavy atom. The Bertz CT molecular complexity index is 382. The Kier molecular flexibility index (Phi) is 5.33. The van der Waals surface area contributed by atoms with Gasteiger partial charge in [0.1, 0.15) is 5.82 Å². The zero-order valence-corrected chi connectivity index (χ0v) is 10.3. The number of hydrogen-bond acceptors (Lipinski definition) is 4. The Morgan fingerprint density at radius 1 is 1.39 bits per heavy atom. The molecule has 0 aliphatic heterocycles. The number of nitrogens with zero attached hydrogens (tertiary/aromatic N) is 2. The fourth-order valence-corrected chi connectivity index (χ4v) is 1.27. The summed E-state index contributed by atoms with van der Waals surface area (Å²) in [5.74, 6) is 0.370. The van der Waals surface area contributed by atoms with Gasteiger partial charge in [-0.05, 0) is 19.9 Å². The van der Waals surface area contributed by atoms with Crippen molar-refractivity contribution in [3.63, 3.8) is 0 Å². The lowest BCUT2D eigenvalue weighted by molar-refractivity contribution is -0.154. The summed E-state index contributed by atoms with van der Waals surface area (Å²) in [6.07, 6.45) is -1.95. The van der Waals surface area contributed by atoms with Crippen molar-refractivity contribution >= 4 is 0 Å². The van der Waals surface area contributed by atoms with E-state index in [1.165, 1.54) is 6.20 Å². The van der Waals surface area contributed by atoms with E-state index in [0.29, 0.717) is 17.9 Å². The summed E-state index contributed by atoms with van der Waals surface area (Å²) in [5, 5.41) is 3.07. The fraction of sp³-hybridized carbons (Fsp3) is 0.636. The molecule has 0 aromatic carbocycles. The Labute approximate surface area is 104 Å². The first-order chi connectivity index (χ1) is 8.42. The number of ether oxygens (including phenoxy) is 1. The van der Waals surface area contributed by atoms with Crippen LogP contribution in [0.1, 0.15) is 24.7 Å². The van der Waals surface area contributed by atoms with Crippen LogP contribution in [0.15, 0.2) is 6.20 Å². The molecule has 1 aromatic heterocycles. The summed E-state index contributed by atoms with van der Waals surface area (Å²) in [6.45, 7) is 3.42. The first-order valence-corrected chi connectivity index (χ1v) is 5.65. The molecule has 1 heterocycles. The van der Waals surface area contributed by atoms with Gasteiger partial charge in [-0.1, -0.05) is 6.92 Å². The maximum absolute atomic E-state index is 12.1. The van der Waals surface area contributed by atoms with Crippen LogP contribution in [-0.2, 0) is 6.54 Å². The summed E-state index contributed by atoms with van der Waals surface area (Å²) < 4.78 is 41.0. The lowest BCUT2D eigenvalue weighted by Crippen LogP contribution is -2.22. The van der Waals surface area contributed by atoms with Crippen LogP contribution in [0.2, 0.25) is 0 Å². The van der Waals surface area contributed by atoms with Crippen molar-refractivity contribution in [3.05, 3.63) is 17.6 Å². The minimum absolute atomic E-state index is 0.0107. The van der Waals surface area contributed by atoms with Gasteiger partial charge in [-0.2, -0.15) is 18.2 Å². The van der Waals surface area contributed by atoms with Crippen LogP contribution in [0, 0.1) is 6.92 Å². The average molecular weight is 263 g/mol. The zero-order valence-electron chi connectivity index (χ0n) is 10.3. The third-order valence-corrected chi connectivity index (χ3v) is 2.06. The fourth-order valence-electron chi connectivity index (χ4n) is 1.27. The summed E-state index contributed by atoms with van der Waals surface area (Å²) in [6, 6.07) is 0. The minimum atomic E-state index is -4.37. The summed E-state index contributed by atoms with van der Waals surface area (Å²) in [4.78, 5) is 7.83. The first kappa shape index (κ1) is 14.7. The molecular formula is C11H16F3N3O. The molecule has 0 saturated carbocycles. The van der Waals surface area contributed by atoms with Crippen LogP contribution in [0.25, 0.3) is 0 Å². The molecule has 0 aliphatic rings. The molecule has 4 nitrogen and oxygen atoms in total. The molecule has 0 spiro atoms. The van der Waals surface area contributed by atoms with E-state index in [0.717, 1.165) is 13.0 Å². The molecule has 1 rings (SSSR count). The topological polar surface area (TPSA) is 47.0 Å². The Hall–Kier alpha value is -1.37. The Balaban J connectivity index is 2.70. The first-order valence-electron chi connectivity index (χ1n) is 5.65. The SMILES string of the molecule is CCCNCc1cnc(C)nc1OCC(F)(F)F. The van der Waals surface area contributed by atoms with Crippen LogP contribution in [-0.4, -0.2) is 29.3 Å². The largest absolute Gasteiger partial charge is 0.468 e. The van der Waals surface area contributed by atoms with Crippen molar-refractivity contribution < 1.29 is 17.9 Å². The molecule has 0 atom stereocenters. The molecule has 0 unspecified atom stereocenters. The van der Waals surface area contributed by atoms with Crippen LogP contribution in [0.5, 0.6) is 5.88 Å². The number of alkyl halides is 3. The molecule has 0 aliphatic carbocycles. The van der Waals surface area contributed by atoms with Gasteiger partial charge in [0.2, 0.25) is 5.88 Å². The van der Waals surface area contributed by atoms with Crippen LogP contribution < -0.4 is 10.1 Å². The number of aryl methyl sites for hydroxylation is 1. The molecule has 0 saturated heterocycles. The van der Waals surface area contributed by atoms with E-state index < -0.39 is 12.8 Å². The summed E-state index contributed by atoms with van der Waals surface area (Å²) in [7, 11) is 0. The quantitative estimate of drug-likeness (QED) is 0.799. The van der Waals surface area contributed by atoms with Crippen LogP contribution >= 0.6 is 0 Å². The maximum atomic E-state index is 12.1. The molecule has 7 heteroatoms. The Morgan fingerprint density at radius 2 is 2.11 bits per heavy atom. The zero-order chi connectivity index (χ0) is 13.6. The van der Waals surface area contributed by atoms with E-state index in [1.807, 2.05) is 6.92 Å². The monoisotopic (exact) mass is 263 g/mol. The van der Waals surface area contributed by atoms with Gasteiger partial charge in [0, 0.05) is 18.3 Å². The molecule has 102 valence electrons. The molecule has 0 bridgehead atoms. The van der Waals surface area contributed by atoms with Crippen LogP contribution in [0.3, 0.4) is 0 Å². The average Bonchev–Trinajstić information content (AvgIpc) is 2.28. The molecule has 0 fully saturated rings. The lowest BCUT2D eigenvalue weighted by atomic mass is 10.3. The smallest absolute Gasteiger partial charge is 0.422 e. The third kappa shape index (κ3) is 5.31. The second-order valence-corrected chi connectivity index (χ2v) is 3.83. The van der Waals surface area contributed by atoms with Crippen molar-refractivity contribution in [2.24, 2.45) is 0 Å². The van der Waals surface area contributed by atoms with Crippen molar-refractivity contribution in [1.29, 1.82) is 0 Å². The minimum Gasteiger partial charge on any atom is -0.468 e. The second kappa shape index (κ2) is 6.53. The van der Waals surface area contributed by atoms with Crippen molar-refractivity contribution in [1.82, 2.24) is 15.3 Å². The number of rotatable bonds is 6. The number of hydrogen-bond donors (Lipinski definition) is 1. The normalized spacial score (nSPS) is 11.6. The lowest BCUT2D eigenvalue weighted by Gasteiger charge is -2.12. The highest BCUT2D eigenvalue weighted by molar-refractivity contribution is 5.23. The molecule has 1 N–H and O–H groups in total. The van der Waals surface area contributed by atoms with Gasteiger partial charge in [-0.25, -0.2) is 4.98 Å². The predicted octanol–water partition coefficient (Wildman–Crippen LogP) is 2.23. The van der Waals surface area contributed by atoms with E-state index in [-0.39, 0.29) is 5.88 Å². The van der Waals surface area contributed by atoms with Crippen molar-refractivity contribution in [2.45, 2.75) is 33.0 Å². The number of halogens is 3. The van der Waals surface area contributed by atoms with Gasteiger partial charge in [-0.3, -0.25) is 0 Å². The predicted molar refractivity (Wildman–Crippen MR) is 60.3 cm³/mol. The molecule has 0 radical (unpaired) electrons. The van der Waals surface area contributed by atoms with Gasteiger partial charge in [-0.15, -0.1) is 0 Å². The van der Waals surface area contributed by atoms with Gasteiger partial charge in [0.15, 0.2) is 6.61 Å². The van der Waals surface area contributed by atoms with E-state index in [4.69, 9.17) is 4.74 Å². The van der Waals surface area contributed by atoms with Gasteiger partial charge in [0.05, 0.1) is 0 Å². The summed E-state index contributed by atoms with van der Waals surface area (Å²) >= 11 is 0. The van der Waals surface area contributed by atoms with Crippen molar-refractivity contribution in [3.8, 4) is 5.88 Å². The van der Waals surface area contributed by atoms with Gasteiger partial charge in [0.25, 0.3) is 0 Å². The van der Waals surface area contributed by atoms with Gasteiger partial charge >= 0.3 is 6.18 Å². The van der Waals surface area contributed by atoms with Crippen molar-refractivity contribution in [2.75, 3.05) is 13.2 Å².